The molecule has 18 heavy (non-hydrogen) atoms. The summed E-state index contributed by atoms with van der Waals surface area (Å²) in [5, 5.41) is 21.3. The quantitative estimate of drug-likeness (QED) is 0.841. The van der Waals surface area contributed by atoms with Gasteiger partial charge in [-0.3, -0.25) is 0 Å². The first-order chi connectivity index (χ1) is 8.78. The lowest BCUT2D eigenvalue weighted by molar-refractivity contribution is 0.565. The van der Waals surface area contributed by atoms with Crippen LogP contribution in [-0.2, 0) is 0 Å². The van der Waals surface area contributed by atoms with Gasteiger partial charge in [-0.1, -0.05) is 0 Å². The third kappa shape index (κ3) is 2.02. The van der Waals surface area contributed by atoms with E-state index >= 15 is 0 Å². The van der Waals surface area contributed by atoms with E-state index in [1.165, 1.54) is 11.8 Å². The van der Waals surface area contributed by atoms with Crippen LogP contribution in [0.5, 0.6) is 0 Å². The van der Waals surface area contributed by atoms with Crippen LogP contribution in [0, 0.1) is 11.3 Å². The van der Waals surface area contributed by atoms with Crippen LogP contribution in [0.15, 0.2) is 28.3 Å². The van der Waals surface area contributed by atoms with Crippen LogP contribution < -0.4 is 5.73 Å². The van der Waals surface area contributed by atoms with Crippen molar-refractivity contribution in [1.29, 1.82) is 5.26 Å². The molecule has 1 aromatic carbocycles. The molecule has 1 fully saturated rings. The van der Waals surface area contributed by atoms with Gasteiger partial charge in [0.25, 0.3) is 0 Å². The molecular weight excluding hydrogens is 248 g/mol. The fourth-order valence-electron chi connectivity index (χ4n) is 1.59. The molecule has 90 valence electrons. The number of hydrogen-bond acceptors (Lipinski definition) is 6. The number of tetrazole rings is 1. The smallest absolute Gasteiger partial charge is 0.214 e. The average Bonchev–Trinajstić information content (AvgIpc) is 3.13. The summed E-state index contributed by atoms with van der Waals surface area (Å²) in [6.45, 7) is 0. The molecule has 2 N–H and O–H groups in total. The molecule has 0 unspecified atom stereocenters. The van der Waals surface area contributed by atoms with Crippen LogP contribution in [0.2, 0.25) is 0 Å². The number of nitrogen functional groups attached to an aromatic ring is 1. The van der Waals surface area contributed by atoms with Crippen LogP contribution in [-0.4, -0.2) is 20.2 Å². The number of nitrogens with two attached hydrogens (primary N) is 1. The number of aromatic nitrogens is 4. The molecule has 1 saturated carbocycles. The van der Waals surface area contributed by atoms with Crippen molar-refractivity contribution >= 4 is 17.4 Å². The van der Waals surface area contributed by atoms with Crippen molar-refractivity contribution in [2.24, 2.45) is 0 Å². The van der Waals surface area contributed by atoms with E-state index in [1.807, 2.05) is 4.68 Å². The number of nitriles is 1. The number of anilines is 1. The van der Waals surface area contributed by atoms with Gasteiger partial charge in [-0.05, 0) is 53.2 Å². The largest absolute Gasteiger partial charge is 0.398 e. The van der Waals surface area contributed by atoms with Gasteiger partial charge in [-0.25, -0.2) is 4.68 Å². The molecule has 0 aliphatic heterocycles. The zero-order valence-corrected chi connectivity index (χ0v) is 10.3. The van der Waals surface area contributed by atoms with Gasteiger partial charge in [-0.2, -0.15) is 5.26 Å². The van der Waals surface area contributed by atoms with Crippen LogP contribution in [0.3, 0.4) is 0 Å². The molecule has 2 aromatic rings. The maximum atomic E-state index is 8.89. The lowest BCUT2D eigenvalue weighted by Gasteiger charge is -2.05. The summed E-state index contributed by atoms with van der Waals surface area (Å²) in [4.78, 5) is 0.811. The van der Waals surface area contributed by atoms with Crippen LogP contribution in [0.1, 0.15) is 24.4 Å². The SMILES string of the molecule is N#Cc1ccc(N)c(Sc2nnnn2C2CC2)c1. The normalized spacial score (nSPS) is 14.4. The Hall–Kier alpha value is -2.07. The highest BCUT2D eigenvalue weighted by Gasteiger charge is 2.28. The summed E-state index contributed by atoms with van der Waals surface area (Å²) in [7, 11) is 0. The number of rotatable bonds is 3. The summed E-state index contributed by atoms with van der Waals surface area (Å²) in [6.07, 6.45) is 2.23. The number of nitrogens with zero attached hydrogens (tertiary/aromatic N) is 5. The molecule has 0 saturated heterocycles. The molecule has 0 spiro atoms. The van der Waals surface area contributed by atoms with Crippen LogP contribution in [0.4, 0.5) is 5.69 Å². The fourth-order valence-corrected chi connectivity index (χ4v) is 2.52. The van der Waals surface area contributed by atoms with E-state index in [4.69, 9.17) is 11.0 Å². The Bertz CT molecular complexity index is 625. The second-order valence-electron chi connectivity index (χ2n) is 4.10. The molecule has 3 rings (SSSR count). The summed E-state index contributed by atoms with van der Waals surface area (Å²) in [5.74, 6) is 0. The highest BCUT2D eigenvalue weighted by molar-refractivity contribution is 7.99. The number of benzene rings is 1. The minimum absolute atomic E-state index is 0.419. The first kappa shape index (κ1) is 11.0. The highest BCUT2D eigenvalue weighted by atomic mass is 32.2. The molecule has 1 aliphatic rings. The van der Waals surface area contributed by atoms with Gasteiger partial charge in [0.05, 0.1) is 17.7 Å². The Kier molecular flexibility index (Phi) is 2.64. The highest BCUT2D eigenvalue weighted by Crippen LogP contribution is 2.39. The third-order valence-corrected chi connectivity index (χ3v) is 3.72. The Morgan fingerprint density at radius 3 is 3.00 bits per heavy atom. The van der Waals surface area contributed by atoms with Crippen molar-refractivity contribution < 1.29 is 0 Å². The van der Waals surface area contributed by atoms with Gasteiger partial charge >= 0.3 is 0 Å². The Morgan fingerprint density at radius 1 is 1.44 bits per heavy atom. The molecule has 0 radical (unpaired) electrons. The predicted molar refractivity (Wildman–Crippen MR) is 65.8 cm³/mol. The minimum Gasteiger partial charge on any atom is -0.398 e. The summed E-state index contributed by atoms with van der Waals surface area (Å²) < 4.78 is 1.82. The van der Waals surface area contributed by atoms with Crippen molar-refractivity contribution in [1.82, 2.24) is 20.2 Å². The molecule has 1 heterocycles. The topological polar surface area (TPSA) is 93.4 Å². The second-order valence-corrected chi connectivity index (χ2v) is 5.11. The van der Waals surface area contributed by atoms with Crippen LogP contribution in [0.25, 0.3) is 0 Å². The van der Waals surface area contributed by atoms with Crippen molar-refractivity contribution in [2.75, 3.05) is 5.73 Å². The van der Waals surface area contributed by atoms with Gasteiger partial charge in [0.1, 0.15) is 0 Å². The zero-order valence-electron chi connectivity index (χ0n) is 9.45. The average molecular weight is 258 g/mol. The zero-order chi connectivity index (χ0) is 12.5. The van der Waals surface area contributed by atoms with E-state index in [0.717, 1.165) is 22.9 Å². The fraction of sp³-hybridized carbons (Fsp3) is 0.273. The Labute approximate surface area is 108 Å². The van der Waals surface area contributed by atoms with Gasteiger partial charge in [0.15, 0.2) is 0 Å². The van der Waals surface area contributed by atoms with E-state index in [-0.39, 0.29) is 0 Å². The molecule has 1 aliphatic carbocycles. The molecule has 0 atom stereocenters. The first-order valence-electron chi connectivity index (χ1n) is 5.53. The maximum absolute atomic E-state index is 8.89. The minimum atomic E-state index is 0.419. The Balaban J connectivity index is 1.92. The van der Waals surface area contributed by atoms with E-state index in [2.05, 4.69) is 21.6 Å². The van der Waals surface area contributed by atoms with Gasteiger partial charge < -0.3 is 5.73 Å². The lowest BCUT2D eigenvalue weighted by atomic mass is 10.2. The van der Waals surface area contributed by atoms with Crippen LogP contribution >= 0.6 is 11.8 Å². The molecule has 0 amide bonds. The maximum Gasteiger partial charge on any atom is 0.214 e. The lowest BCUT2D eigenvalue weighted by Crippen LogP contribution is -1.99. The summed E-state index contributed by atoms with van der Waals surface area (Å²) >= 11 is 1.40. The van der Waals surface area contributed by atoms with Crippen molar-refractivity contribution in [3.05, 3.63) is 23.8 Å². The van der Waals surface area contributed by atoms with Crippen molar-refractivity contribution in [3.8, 4) is 6.07 Å². The van der Waals surface area contributed by atoms with Gasteiger partial charge in [0.2, 0.25) is 5.16 Å². The summed E-state index contributed by atoms with van der Waals surface area (Å²) in [6, 6.07) is 7.70. The Morgan fingerprint density at radius 2 is 2.28 bits per heavy atom. The van der Waals surface area contributed by atoms with Crippen molar-refractivity contribution in [2.45, 2.75) is 28.9 Å². The van der Waals surface area contributed by atoms with Gasteiger partial charge in [0, 0.05) is 10.6 Å². The predicted octanol–water partition coefficient (Wildman–Crippen LogP) is 1.61. The van der Waals surface area contributed by atoms with Gasteiger partial charge in [-0.15, -0.1) is 5.10 Å². The monoisotopic (exact) mass is 258 g/mol. The molecule has 0 bridgehead atoms. The standard InChI is InChI=1S/C11H10N6S/c12-6-7-1-4-9(13)10(5-7)18-11-14-15-16-17(11)8-2-3-8/h1,4-5,8H,2-3,13H2. The first-order valence-corrected chi connectivity index (χ1v) is 6.35. The molecule has 6 nitrogen and oxygen atoms in total. The van der Waals surface area contributed by atoms with Crippen molar-refractivity contribution in [3.63, 3.8) is 0 Å². The summed E-state index contributed by atoms with van der Waals surface area (Å²) in [5.41, 5.74) is 7.10. The second kappa shape index (κ2) is 4.31. The van der Waals surface area contributed by atoms with E-state index < -0.39 is 0 Å². The van der Waals surface area contributed by atoms with E-state index in [9.17, 15) is 0 Å². The molecule has 1 aromatic heterocycles. The van der Waals surface area contributed by atoms with E-state index in [0.29, 0.717) is 17.3 Å². The molecular formula is C11H10N6S. The third-order valence-electron chi connectivity index (χ3n) is 2.70. The number of hydrogen-bond donors (Lipinski definition) is 1. The molecule has 7 heteroatoms. The van der Waals surface area contributed by atoms with E-state index in [1.54, 1.807) is 18.2 Å².